The molecule has 0 aliphatic rings. The van der Waals surface area contributed by atoms with Crippen LogP contribution in [0.15, 0.2) is 24.4 Å². The van der Waals surface area contributed by atoms with Gasteiger partial charge in [-0.2, -0.15) is 13.2 Å². The van der Waals surface area contributed by atoms with Crippen molar-refractivity contribution in [2.75, 3.05) is 0 Å². The maximum absolute atomic E-state index is 13.0. The van der Waals surface area contributed by atoms with Gasteiger partial charge in [-0.1, -0.05) is 44.5 Å². The largest absolute Gasteiger partial charge is 0.418 e. The molecule has 0 atom stereocenters. The number of nitrogens with zero attached hydrogens (tertiary/aromatic N) is 1. The van der Waals surface area contributed by atoms with Crippen LogP contribution in [0.25, 0.3) is 10.9 Å². The summed E-state index contributed by atoms with van der Waals surface area (Å²) >= 11 is 6.11. The standard InChI is InChI=1S/C14H13ClF3N/c1-13(2,3)11-8-5-4-6-9(14(16,17)18)12(8)19-7-10(11)15/h4-7H,1-3H3. The number of alkyl halides is 3. The molecule has 102 valence electrons. The van der Waals surface area contributed by atoms with Crippen molar-refractivity contribution in [2.24, 2.45) is 0 Å². The third-order valence-electron chi connectivity index (χ3n) is 2.91. The number of halogens is 4. The van der Waals surface area contributed by atoms with Gasteiger partial charge in [0.2, 0.25) is 0 Å². The Morgan fingerprint density at radius 2 is 1.74 bits per heavy atom. The molecule has 2 rings (SSSR count). The van der Waals surface area contributed by atoms with Gasteiger partial charge in [-0.3, -0.25) is 4.98 Å². The molecule has 0 unspecified atom stereocenters. The van der Waals surface area contributed by atoms with Gasteiger partial charge in [0.25, 0.3) is 0 Å². The van der Waals surface area contributed by atoms with E-state index in [0.29, 0.717) is 16.0 Å². The third-order valence-corrected chi connectivity index (χ3v) is 3.19. The molecule has 1 aromatic carbocycles. The molecule has 0 saturated heterocycles. The van der Waals surface area contributed by atoms with Crippen LogP contribution in [0.1, 0.15) is 31.9 Å². The Balaban J connectivity index is 2.90. The van der Waals surface area contributed by atoms with E-state index < -0.39 is 11.7 Å². The molecule has 1 heterocycles. The molecule has 5 heteroatoms. The fraction of sp³-hybridized carbons (Fsp3) is 0.357. The van der Waals surface area contributed by atoms with E-state index in [-0.39, 0.29) is 10.9 Å². The van der Waals surface area contributed by atoms with Crippen LogP contribution in [0.2, 0.25) is 5.02 Å². The first-order valence-electron chi connectivity index (χ1n) is 5.77. The summed E-state index contributed by atoms with van der Waals surface area (Å²) in [5, 5.41) is 0.842. The van der Waals surface area contributed by atoms with E-state index >= 15 is 0 Å². The van der Waals surface area contributed by atoms with Crippen molar-refractivity contribution in [1.82, 2.24) is 4.98 Å². The van der Waals surface area contributed by atoms with Gasteiger partial charge in [-0.25, -0.2) is 0 Å². The fourth-order valence-electron chi connectivity index (χ4n) is 2.19. The number of rotatable bonds is 0. The van der Waals surface area contributed by atoms with Gasteiger partial charge in [0, 0.05) is 11.6 Å². The first-order chi connectivity index (χ1) is 8.62. The summed E-state index contributed by atoms with van der Waals surface area (Å²) in [4.78, 5) is 3.87. The average molecular weight is 288 g/mol. The highest BCUT2D eigenvalue weighted by atomic mass is 35.5. The van der Waals surface area contributed by atoms with E-state index in [4.69, 9.17) is 11.6 Å². The van der Waals surface area contributed by atoms with E-state index in [9.17, 15) is 13.2 Å². The van der Waals surface area contributed by atoms with Crippen molar-refractivity contribution in [3.05, 3.63) is 40.5 Å². The maximum atomic E-state index is 13.0. The summed E-state index contributed by atoms with van der Waals surface area (Å²) in [6.45, 7) is 5.73. The Morgan fingerprint density at radius 3 is 2.26 bits per heavy atom. The summed E-state index contributed by atoms with van der Waals surface area (Å²) in [5.74, 6) is 0. The number of aromatic nitrogens is 1. The zero-order valence-electron chi connectivity index (χ0n) is 10.8. The molecule has 0 radical (unpaired) electrons. The highest BCUT2D eigenvalue weighted by Gasteiger charge is 2.34. The van der Waals surface area contributed by atoms with Crippen molar-refractivity contribution in [2.45, 2.75) is 32.4 Å². The minimum absolute atomic E-state index is 0.0516. The average Bonchev–Trinajstić information content (AvgIpc) is 2.24. The number of hydrogen-bond acceptors (Lipinski definition) is 1. The van der Waals surface area contributed by atoms with Crippen molar-refractivity contribution < 1.29 is 13.2 Å². The van der Waals surface area contributed by atoms with Crippen molar-refractivity contribution in [3.8, 4) is 0 Å². The fourth-order valence-corrected chi connectivity index (χ4v) is 2.62. The van der Waals surface area contributed by atoms with Gasteiger partial charge in [0.05, 0.1) is 16.1 Å². The SMILES string of the molecule is CC(C)(C)c1c(Cl)cnc2c(C(F)(F)F)cccc12. The number of fused-ring (bicyclic) bond motifs is 1. The summed E-state index contributed by atoms with van der Waals surface area (Å²) < 4.78 is 38.9. The summed E-state index contributed by atoms with van der Waals surface area (Å²) in [7, 11) is 0. The first-order valence-corrected chi connectivity index (χ1v) is 6.15. The highest BCUT2D eigenvalue weighted by Crippen LogP contribution is 2.39. The molecule has 0 aliphatic heterocycles. The van der Waals surface area contributed by atoms with Crippen LogP contribution in [-0.2, 0) is 11.6 Å². The molecule has 19 heavy (non-hydrogen) atoms. The predicted octanol–water partition coefficient (Wildman–Crippen LogP) is 5.20. The Labute approximate surface area is 114 Å². The maximum Gasteiger partial charge on any atom is 0.418 e. The molecule has 0 spiro atoms. The lowest BCUT2D eigenvalue weighted by atomic mass is 9.84. The van der Waals surface area contributed by atoms with Gasteiger partial charge < -0.3 is 0 Å². The third kappa shape index (κ3) is 2.54. The zero-order valence-corrected chi connectivity index (χ0v) is 11.5. The lowest BCUT2D eigenvalue weighted by molar-refractivity contribution is -0.136. The van der Waals surface area contributed by atoms with Crippen LogP contribution in [0.5, 0.6) is 0 Å². The summed E-state index contributed by atoms with van der Waals surface area (Å²) in [6, 6.07) is 4.05. The van der Waals surface area contributed by atoms with Gasteiger partial charge in [-0.05, 0) is 17.0 Å². The second-order valence-corrected chi connectivity index (χ2v) is 5.84. The Morgan fingerprint density at radius 1 is 1.11 bits per heavy atom. The van der Waals surface area contributed by atoms with E-state index in [0.717, 1.165) is 6.07 Å². The van der Waals surface area contributed by atoms with Crippen molar-refractivity contribution in [1.29, 1.82) is 0 Å². The second-order valence-electron chi connectivity index (χ2n) is 5.43. The zero-order chi connectivity index (χ0) is 14.4. The number of benzene rings is 1. The second kappa shape index (κ2) is 4.37. The van der Waals surface area contributed by atoms with Crippen LogP contribution in [0.3, 0.4) is 0 Å². The van der Waals surface area contributed by atoms with Gasteiger partial charge >= 0.3 is 6.18 Å². The van der Waals surface area contributed by atoms with Gasteiger partial charge in [0.1, 0.15) is 0 Å². The topological polar surface area (TPSA) is 12.9 Å². The van der Waals surface area contributed by atoms with Crippen molar-refractivity contribution >= 4 is 22.5 Å². The molecule has 0 amide bonds. The molecule has 1 nitrogen and oxygen atoms in total. The normalized spacial score (nSPS) is 13.0. The molecule has 0 saturated carbocycles. The minimum Gasteiger partial charge on any atom is -0.254 e. The van der Waals surface area contributed by atoms with E-state index in [1.54, 1.807) is 6.07 Å². The van der Waals surface area contributed by atoms with Gasteiger partial charge in [-0.15, -0.1) is 0 Å². The van der Waals surface area contributed by atoms with Crippen LogP contribution >= 0.6 is 11.6 Å². The van der Waals surface area contributed by atoms with E-state index in [2.05, 4.69) is 4.98 Å². The van der Waals surface area contributed by atoms with Crippen LogP contribution < -0.4 is 0 Å². The predicted molar refractivity (Wildman–Crippen MR) is 70.5 cm³/mol. The summed E-state index contributed by atoms with van der Waals surface area (Å²) in [5.41, 5.74) is -0.454. The highest BCUT2D eigenvalue weighted by molar-refractivity contribution is 6.32. The smallest absolute Gasteiger partial charge is 0.254 e. The van der Waals surface area contributed by atoms with Crippen LogP contribution in [-0.4, -0.2) is 4.98 Å². The van der Waals surface area contributed by atoms with Crippen molar-refractivity contribution in [3.63, 3.8) is 0 Å². The molecular weight excluding hydrogens is 275 g/mol. The monoisotopic (exact) mass is 287 g/mol. The number of pyridine rings is 1. The molecule has 2 aromatic rings. The van der Waals surface area contributed by atoms with E-state index in [1.165, 1.54) is 12.3 Å². The van der Waals surface area contributed by atoms with Crippen LogP contribution in [0.4, 0.5) is 13.2 Å². The first kappa shape index (κ1) is 14.1. The lowest BCUT2D eigenvalue weighted by Gasteiger charge is -2.23. The molecular formula is C14H13ClF3N. The van der Waals surface area contributed by atoms with Crippen LogP contribution in [0, 0.1) is 0 Å². The molecule has 1 aromatic heterocycles. The molecule has 0 bridgehead atoms. The van der Waals surface area contributed by atoms with E-state index in [1.807, 2.05) is 20.8 Å². The molecule has 0 fully saturated rings. The Bertz CT molecular complexity index is 627. The molecule has 0 aliphatic carbocycles. The Kier molecular flexibility index (Phi) is 3.25. The number of para-hydroxylation sites is 1. The molecule has 0 N–H and O–H groups in total. The minimum atomic E-state index is -4.42. The summed E-state index contributed by atoms with van der Waals surface area (Å²) in [6.07, 6.45) is -3.13. The number of hydrogen-bond donors (Lipinski definition) is 0. The van der Waals surface area contributed by atoms with Gasteiger partial charge in [0.15, 0.2) is 0 Å². The Hall–Kier alpha value is -1.29. The lowest BCUT2D eigenvalue weighted by Crippen LogP contribution is -2.14. The quantitative estimate of drug-likeness (QED) is 0.648.